The summed E-state index contributed by atoms with van der Waals surface area (Å²) in [5, 5.41) is 18.4. The molecule has 3 aromatic rings. The average molecular weight is 360 g/mol. The maximum Gasteiger partial charge on any atom is 0.270 e. The van der Waals surface area contributed by atoms with E-state index in [1.54, 1.807) is 12.1 Å². The Balaban J connectivity index is 1.74. The van der Waals surface area contributed by atoms with Gasteiger partial charge in [-0.1, -0.05) is 24.3 Å². The maximum atomic E-state index is 12.2. The summed E-state index contributed by atoms with van der Waals surface area (Å²) in [4.78, 5) is 9.87. The van der Waals surface area contributed by atoms with Gasteiger partial charge in [-0.3, -0.25) is 10.1 Å². The second-order valence-electron chi connectivity index (χ2n) is 4.95. The molecule has 0 amide bonds. The molecule has 1 aromatic heterocycles. The molecule has 10 heteroatoms. The monoisotopic (exact) mass is 360 g/mol. The SMILES string of the molecule is O=[N+]([O-])c1cccc(S(=O)(=O)NCc2nnc(-c3ccccc3)o2)c1. The molecule has 0 fully saturated rings. The van der Waals surface area contributed by atoms with Gasteiger partial charge in [0.1, 0.15) is 0 Å². The van der Waals surface area contributed by atoms with Crippen molar-refractivity contribution in [2.75, 3.05) is 0 Å². The van der Waals surface area contributed by atoms with E-state index in [4.69, 9.17) is 4.42 Å². The van der Waals surface area contributed by atoms with Crippen molar-refractivity contribution >= 4 is 15.7 Å². The number of hydrogen-bond donors (Lipinski definition) is 1. The van der Waals surface area contributed by atoms with Crippen LogP contribution >= 0.6 is 0 Å². The molecule has 0 spiro atoms. The second kappa shape index (κ2) is 6.79. The van der Waals surface area contributed by atoms with Gasteiger partial charge < -0.3 is 4.42 Å². The van der Waals surface area contributed by atoms with E-state index in [1.807, 2.05) is 18.2 Å². The van der Waals surface area contributed by atoms with E-state index in [2.05, 4.69) is 14.9 Å². The van der Waals surface area contributed by atoms with Gasteiger partial charge in [-0.05, 0) is 18.2 Å². The van der Waals surface area contributed by atoms with Crippen LogP contribution in [0.4, 0.5) is 5.69 Å². The highest BCUT2D eigenvalue weighted by atomic mass is 32.2. The van der Waals surface area contributed by atoms with Crippen LogP contribution in [0.25, 0.3) is 11.5 Å². The zero-order valence-electron chi connectivity index (χ0n) is 12.7. The van der Waals surface area contributed by atoms with Crippen LogP contribution in [0.1, 0.15) is 5.89 Å². The summed E-state index contributed by atoms with van der Waals surface area (Å²) >= 11 is 0. The molecular formula is C15H12N4O5S. The van der Waals surface area contributed by atoms with E-state index in [0.29, 0.717) is 5.56 Å². The van der Waals surface area contributed by atoms with E-state index in [0.717, 1.165) is 6.07 Å². The Labute approximate surface area is 142 Å². The lowest BCUT2D eigenvalue weighted by atomic mass is 10.2. The molecule has 25 heavy (non-hydrogen) atoms. The van der Waals surface area contributed by atoms with Gasteiger partial charge in [-0.2, -0.15) is 0 Å². The fourth-order valence-electron chi connectivity index (χ4n) is 2.03. The number of nitrogens with one attached hydrogen (secondary N) is 1. The summed E-state index contributed by atoms with van der Waals surface area (Å²) in [5.41, 5.74) is 0.398. The first-order chi connectivity index (χ1) is 12.0. The van der Waals surface area contributed by atoms with E-state index in [1.165, 1.54) is 18.2 Å². The number of hydrogen-bond acceptors (Lipinski definition) is 7. The molecule has 0 unspecified atom stereocenters. The minimum atomic E-state index is -3.95. The van der Waals surface area contributed by atoms with Gasteiger partial charge in [0.15, 0.2) is 0 Å². The zero-order valence-corrected chi connectivity index (χ0v) is 13.5. The molecule has 1 N–H and O–H groups in total. The largest absolute Gasteiger partial charge is 0.419 e. The number of nitro groups is 1. The summed E-state index contributed by atoms with van der Waals surface area (Å²) in [5.74, 6) is 0.345. The van der Waals surface area contributed by atoms with Crippen molar-refractivity contribution in [3.05, 3.63) is 70.6 Å². The number of aromatic nitrogens is 2. The van der Waals surface area contributed by atoms with Crippen molar-refractivity contribution in [1.82, 2.24) is 14.9 Å². The maximum absolute atomic E-state index is 12.2. The number of benzene rings is 2. The number of non-ortho nitro benzene ring substituents is 1. The fourth-order valence-corrected chi connectivity index (χ4v) is 3.04. The molecule has 128 valence electrons. The normalized spacial score (nSPS) is 11.4. The van der Waals surface area contributed by atoms with Crippen molar-refractivity contribution < 1.29 is 17.8 Å². The van der Waals surface area contributed by atoms with Crippen molar-refractivity contribution in [2.24, 2.45) is 0 Å². The number of nitrogens with zero attached hydrogens (tertiary/aromatic N) is 3. The molecule has 1 heterocycles. The lowest BCUT2D eigenvalue weighted by molar-refractivity contribution is -0.385. The molecule has 3 rings (SSSR count). The molecule has 9 nitrogen and oxygen atoms in total. The number of sulfonamides is 1. The highest BCUT2D eigenvalue weighted by Crippen LogP contribution is 2.19. The Hall–Kier alpha value is -3.11. The molecular weight excluding hydrogens is 348 g/mol. The van der Waals surface area contributed by atoms with E-state index in [9.17, 15) is 18.5 Å². The van der Waals surface area contributed by atoms with Gasteiger partial charge in [0.25, 0.3) is 5.69 Å². The Morgan fingerprint density at radius 3 is 2.56 bits per heavy atom. The van der Waals surface area contributed by atoms with Gasteiger partial charge in [-0.25, -0.2) is 13.1 Å². The molecule has 0 saturated heterocycles. The van der Waals surface area contributed by atoms with Crippen molar-refractivity contribution in [3.8, 4) is 11.5 Å². The predicted octanol–water partition coefficient (Wildman–Crippen LogP) is 2.12. The van der Waals surface area contributed by atoms with Crippen LogP contribution in [0.3, 0.4) is 0 Å². The lowest BCUT2D eigenvalue weighted by Crippen LogP contribution is -2.23. The summed E-state index contributed by atoms with van der Waals surface area (Å²) in [6, 6.07) is 13.8. The summed E-state index contributed by atoms with van der Waals surface area (Å²) in [6.45, 7) is -0.231. The molecule has 0 aliphatic carbocycles. The van der Waals surface area contributed by atoms with Crippen molar-refractivity contribution in [1.29, 1.82) is 0 Å². The number of rotatable bonds is 6. The Bertz CT molecular complexity index is 1000. The summed E-state index contributed by atoms with van der Waals surface area (Å²) in [7, 11) is -3.95. The van der Waals surface area contributed by atoms with Crippen LogP contribution in [0.2, 0.25) is 0 Å². The molecule has 0 aliphatic heterocycles. The summed E-state index contributed by atoms with van der Waals surface area (Å²) in [6.07, 6.45) is 0. The molecule has 0 bridgehead atoms. The lowest BCUT2D eigenvalue weighted by Gasteiger charge is -2.04. The van der Waals surface area contributed by atoms with E-state index >= 15 is 0 Å². The second-order valence-corrected chi connectivity index (χ2v) is 6.71. The van der Waals surface area contributed by atoms with Gasteiger partial charge in [0, 0.05) is 17.7 Å². The molecule has 0 saturated carbocycles. The first-order valence-electron chi connectivity index (χ1n) is 7.07. The first kappa shape index (κ1) is 16.7. The van der Waals surface area contributed by atoms with E-state index < -0.39 is 14.9 Å². The van der Waals surface area contributed by atoms with Gasteiger partial charge in [0.2, 0.25) is 21.8 Å². The first-order valence-corrected chi connectivity index (χ1v) is 8.56. The quantitative estimate of drug-likeness (QED) is 0.526. The smallest absolute Gasteiger partial charge is 0.270 e. The van der Waals surface area contributed by atoms with Crippen molar-refractivity contribution in [3.63, 3.8) is 0 Å². The van der Waals surface area contributed by atoms with E-state index in [-0.39, 0.29) is 28.9 Å². The van der Waals surface area contributed by atoms with Crippen LogP contribution in [0.15, 0.2) is 63.9 Å². The Morgan fingerprint density at radius 2 is 1.84 bits per heavy atom. The minimum absolute atomic E-state index is 0.0767. The van der Waals surface area contributed by atoms with Crippen LogP contribution in [0.5, 0.6) is 0 Å². The van der Waals surface area contributed by atoms with Gasteiger partial charge in [0.05, 0.1) is 16.4 Å². The van der Waals surface area contributed by atoms with Gasteiger partial charge >= 0.3 is 0 Å². The van der Waals surface area contributed by atoms with Crippen LogP contribution in [0, 0.1) is 10.1 Å². The predicted molar refractivity (Wildman–Crippen MR) is 86.9 cm³/mol. The molecule has 2 aromatic carbocycles. The van der Waals surface area contributed by atoms with Crippen LogP contribution in [-0.4, -0.2) is 23.5 Å². The van der Waals surface area contributed by atoms with Crippen LogP contribution < -0.4 is 4.72 Å². The topological polar surface area (TPSA) is 128 Å². The third-order valence-corrected chi connectivity index (χ3v) is 4.64. The third-order valence-electron chi connectivity index (χ3n) is 3.24. The van der Waals surface area contributed by atoms with Crippen molar-refractivity contribution in [2.45, 2.75) is 11.4 Å². The standard InChI is InChI=1S/C15H12N4O5S/c20-19(21)12-7-4-8-13(9-12)25(22,23)16-10-14-17-18-15(24-14)11-5-2-1-3-6-11/h1-9,16H,10H2. The molecule has 0 atom stereocenters. The highest BCUT2D eigenvalue weighted by molar-refractivity contribution is 7.89. The third kappa shape index (κ3) is 3.87. The van der Waals surface area contributed by atoms with Gasteiger partial charge in [-0.15, -0.1) is 10.2 Å². The highest BCUT2D eigenvalue weighted by Gasteiger charge is 2.19. The Morgan fingerprint density at radius 1 is 1.08 bits per heavy atom. The fraction of sp³-hybridized carbons (Fsp3) is 0.0667. The zero-order chi connectivity index (χ0) is 17.9. The minimum Gasteiger partial charge on any atom is -0.419 e. The molecule has 0 radical (unpaired) electrons. The molecule has 0 aliphatic rings. The average Bonchev–Trinajstić information content (AvgIpc) is 3.10. The number of nitro benzene ring substituents is 1. The van der Waals surface area contributed by atoms with Crippen LogP contribution in [-0.2, 0) is 16.6 Å². The Kier molecular flexibility index (Phi) is 4.55. The summed E-state index contributed by atoms with van der Waals surface area (Å²) < 4.78 is 32.1.